The molecule has 1 aromatic heterocycles. The lowest BCUT2D eigenvalue weighted by molar-refractivity contribution is 0.128. The second kappa shape index (κ2) is 10.3. The molecule has 0 bridgehead atoms. The fourth-order valence-corrected chi connectivity index (χ4v) is 1.85. The molecular formula is C15H28N4O2. The van der Waals surface area contributed by atoms with Gasteiger partial charge in [-0.05, 0) is 19.8 Å². The van der Waals surface area contributed by atoms with E-state index in [1.165, 1.54) is 0 Å². The third kappa shape index (κ3) is 7.24. The van der Waals surface area contributed by atoms with Gasteiger partial charge in [0.2, 0.25) is 0 Å². The predicted molar refractivity (Wildman–Crippen MR) is 85.5 cm³/mol. The van der Waals surface area contributed by atoms with Crippen LogP contribution in [0.25, 0.3) is 0 Å². The lowest BCUT2D eigenvalue weighted by atomic mass is 10.2. The summed E-state index contributed by atoms with van der Waals surface area (Å²) in [4.78, 5) is 8.83. The molecule has 1 heterocycles. The van der Waals surface area contributed by atoms with Crippen molar-refractivity contribution in [2.45, 2.75) is 52.7 Å². The van der Waals surface area contributed by atoms with E-state index in [1.54, 1.807) is 0 Å². The maximum absolute atomic E-state index is 9.79. The van der Waals surface area contributed by atoms with Gasteiger partial charge in [-0.25, -0.2) is 9.97 Å². The van der Waals surface area contributed by atoms with E-state index in [0.717, 1.165) is 31.6 Å². The monoisotopic (exact) mass is 296 g/mol. The first-order valence-electron chi connectivity index (χ1n) is 7.81. The number of aliphatic hydroxyl groups is 1. The minimum atomic E-state index is -0.354. The molecule has 6 heteroatoms. The van der Waals surface area contributed by atoms with Crippen LogP contribution < -0.4 is 10.6 Å². The van der Waals surface area contributed by atoms with Crippen molar-refractivity contribution in [2.75, 3.05) is 30.3 Å². The summed E-state index contributed by atoms with van der Waals surface area (Å²) in [5.74, 6) is 2.15. The number of ether oxygens (including phenoxy) is 1. The summed E-state index contributed by atoms with van der Waals surface area (Å²) in [5, 5.41) is 16.2. The van der Waals surface area contributed by atoms with Gasteiger partial charge in [0.25, 0.3) is 0 Å². The molecule has 3 N–H and O–H groups in total. The molecule has 1 unspecified atom stereocenters. The number of hydrogen-bond acceptors (Lipinski definition) is 6. The molecule has 0 aliphatic rings. The number of nitrogens with zero attached hydrogens (tertiary/aromatic N) is 2. The quantitative estimate of drug-likeness (QED) is 0.582. The normalized spacial score (nSPS) is 12.2. The van der Waals surface area contributed by atoms with Gasteiger partial charge in [-0.15, -0.1) is 0 Å². The zero-order valence-electron chi connectivity index (χ0n) is 13.4. The molecule has 0 aliphatic heterocycles. The molecule has 0 fully saturated rings. The third-order valence-electron chi connectivity index (χ3n) is 2.90. The molecule has 0 radical (unpaired) electrons. The summed E-state index contributed by atoms with van der Waals surface area (Å²) in [7, 11) is 0. The first kappa shape index (κ1) is 17.7. The first-order chi connectivity index (χ1) is 10.2. The first-order valence-corrected chi connectivity index (χ1v) is 7.81. The van der Waals surface area contributed by atoms with Crippen molar-refractivity contribution in [3.63, 3.8) is 0 Å². The fourth-order valence-electron chi connectivity index (χ4n) is 1.85. The van der Waals surface area contributed by atoms with Gasteiger partial charge in [0.05, 0.1) is 6.10 Å². The Morgan fingerprint density at radius 1 is 1.14 bits per heavy atom. The summed E-state index contributed by atoms with van der Waals surface area (Å²) in [6, 6.07) is 1.86. The predicted octanol–water partition coefficient (Wildman–Crippen LogP) is 2.41. The van der Waals surface area contributed by atoms with Gasteiger partial charge in [0.1, 0.15) is 18.2 Å². The van der Waals surface area contributed by atoms with Gasteiger partial charge in [0.15, 0.2) is 5.82 Å². The molecule has 0 spiro atoms. The van der Waals surface area contributed by atoms with Crippen molar-refractivity contribution in [3.8, 4) is 0 Å². The van der Waals surface area contributed by atoms with Crippen molar-refractivity contribution in [2.24, 2.45) is 0 Å². The Kier molecular flexibility index (Phi) is 8.69. The molecular weight excluding hydrogens is 268 g/mol. The summed E-state index contributed by atoms with van der Waals surface area (Å²) in [6.45, 7) is 8.49. The molecule has 6 nitrogen and oxygen atoms in total. The number of hydrogen-bond donors (Lipinski definition) is 3. The number of aromatic nitrogens is 2. The van der Waals surface area contributed by atoms with Crippen molar-refractivity contribution >= 4 is 11.6 Å². The van der Waals surface area contributed by atoms with Gasteiger partial charge in [0, 0.05) is 25.8 Å². The van der Waals surface area contributed by atoms with Crippen LogP contribution in [0.3, 0.4) is 0 Å². The Balaban J connectivity index is 2.70. The van der Waals surface area contributed by atoms with E-state index in [0.29, 0.717) is 31.4 Å². The van der Waals surface area contributed by atoms with Crippen molar-refractivity contribution in [3.05, 3.63) is 11.9 Å². The van der Waals surface area contributed by atoms with Crippen molar-refractivity contribution in [1.29, 1.82) is 0 Å². The van der Waals surface area contributed by atoms with Crippen molar-refractivity contribution < 1.29 is 9.84 Å². The fraction of sp³-hybridized carbons (Fsp3) is 0.733. The van der Waals surface area contributed by atoms with Gasteiger partial charge >= 0.3 is 0 Å². The number of aliphatic hydroxyl groups excluding tert-OH is 1. The number of nitrogens with one attached hydrogen (secondary N) is 2. The molecule has 0 saturated carbocycles. The van der Waals surface area contributed by atoms with Crippen LogP contribution in [0.15, 0.2) is 6.07 Å². The molecule has 1 atom stereocenters. The highest BCUT2D eigenvalue weighted by atomic mass is 16.5. The molecule has 0 amide bonds. The summed E-state index contributed by atoms with van der Waals surface area (Å²) in [6.07, 6.45) is 2.42. The largest absolute Gasteiger partial charge is 0.391 e. The van der Waals surface area contributed by atoms with Crippen LogP contribution in [0.4, 0.5) is 11.6 Å². The molecule has 1 rings (SSSR count). The Morgan fingerprint density at radius 3 is 2.48 bits per heavy atom. The molecule has 0 aliphatic carbocycles. The second-order valence-corrected chi connectivity index (χ2v) is 4.94. The van der Waals surface area contributed by atoms with Crippen LogP contribution in [0.1, 0.15) is 45.9 Å². The maximum Gasteiger partial charge on any atom is 0.158 e. The highest BCUT2D eigenvalue weighted by Crippen LogP contribution is 2.13. The zero-order chi connectivity index (χ0) is 15.5. The van der Waals surface area contributed by atoms with Gasteiger partial charge in [-0.2, -0.15) is 0 Å². The smallest absolute Gasteiger partial charge is 0.158 e. The Morgan fingerprint density at radius 2 is 1.86 bits per heavy atom. The van der Waals surface area contributed by atoms with E-state index in [-0.39, 0.29) is 6.10 Å². The van der Waals surface area contributed by atoms with Gasteiger partial charge in [-0.1, -0.05) is 20.3 Å². The van der Waals surface area contributed by atoms with Crippen LogP contribution in [0, 0.1) is 0 Å². The second-order valence-electron chi connectivity index (χ2n) is 4.94. The summed E-state index contributed by atoms with van der Waals surface area (Å²) in [5.41, 5.74) is 0. The Bertz CT molecular complexity index is 375. The topological polar surface area (TPSA) is 79.3 Å². The van der Waals surface area contributed by atoms with E-state index >= 15 is 0 Å². The van der Waals surface area contributed by atoms with E-state index in [1.807, 2.05) is 13.0 Å². The SMILES string of the molecule is CCCNc1cc(NCC(O)CCC)nc(COCC)n1. The zero-order valence-corrected chi connectivity index (χ0v) is 13.4. The molecule has 0 saturated heterocycles. The lowest BCUT2D eigenvalue weighted by Crippen LogP contribution is -2.20. The van der Waals surface area contributed by atoms with E-state index < -0.39 is 0 Å². The number of anilines is 2. The maximum atomic E-state index is 9.79. The Hall–Kier alpha value is -1.40. The molecule has 120 valence electrons. The third-order valence-corrected chi connectivity index (χ3v) is 2.90. The van der Waals surface area contributed by atoms with Crippen molar-refractivity contribution in [1.82, 2.24) is 9.97 Å². The average molecular weight is 296 g/mol. The minimum Gasteiger partial charge on any atom is -0.391 e. The van der Waals surface area contributed by atoms with Crippen LogP contribution in [-0.4, -0.2) is 40.9 Å². The highest BCUT2D eigenvalue weighted by molar-refractivity contribution is 5.47. The van der Waals surface area contributed by atoms with Gasteiger partial charge in [-0.3, -0.25) is 0 Å². The Labute approximate surface area is 127 Å². The highest BCUT2D eigenvalue weighted by Gasteiger charge is 2.07. The summed E-state index contributed by atoms with van der Waals surface area (Å²) >= 11 is 0. The molecule has 1 aromatic rings. The lowest BCUT2D eigenvalue weighted by Gasteiger charge is -2.13. The number of rotatable bonds is 11. The summed E-state index contributed by atoms with van der Waals surface area (Å²) < 4.78 is 5.37. The molecule has 0 aromatic carbocycles. The van der Waals surface area contributed by atoms with E-state index in [9.17, 15) is 5.11 Å². The van der Waals surface area contributed by atoms with Crippen LogP contribution in [-0.2, 0) is 11.3 Å². The van der Waals surface area contributed by atoms with E-state index in [2.05, 4.69) is 34.4 Å². The van der Waals surface area contributed by atoms with E-state index in [4.69, 9.17) is 4.74 Å². The van der Waals surface area contributed by atoms with Crippen LogP contribution in [0.5, 0.6) is 0 Å². The average Bonchev–Trinajstić information content (AvgIpc) is 2.49. The standard InChI is InChI=1S/C15H28N4O2/c1-4-7-12(20)10-17-14-9-13(16-8-5-2)18-15(19-14)11-21-6-3/h9,12,20H,4-8,10-11H2,1-3H3,(H2,16,17,18,19). The minimum absolute atomic E-state index is 0.354. The van der Waals surface area contributed by atoms with Crippen LogP contribution >= 0.6 is 0 Å². The molecule has 21 heavy (non-hydrogen) atoms. The van der Waals surface area contributed by atoms with Crippen LogP contribution in [0.2, 0.25) is 0 Å². The van der Waals surface area contributed by atoms with Gasteiger partial charge < -0.3 is 20.5 Å².